The van der Waals surface area contributed by atoms with Gasteiger partial charge in [0.1, 0.15) is 11.0 Å². The van der Waals surface area contributed by atoms with E-state index < -0.39 is 33.1 Å². The topological polar surface area (TPSA) is 89.5 Å². The van der Waals surface area contributed by atoms with Gasteiger partial charge in [0.05, 0.1) is 10.9 Å². The molecule has 1 aliphatic carbocycles. The Morgan fingerprint density at radius 1 is 1.09 bits per heavy atom. The molecule has 0 bridgehead atoms. The fourth-order valence-electron chi connectivity index (χ4n) is 3.95. The average molecular weight is 478 g/mol. The first-order chi connectivity index (χ1) is 14.8. The number of ketones is 1. The van der Waals surface area contributed by atoms with E-state index in [0.29, 0.717) is 17.0 Å². The summed E-state index contributed by atoms with van der Waals surface area (Å²) < 4.78 is 34.9. The molecule has 1 fully saturated rings. The third kappa shape index (κ3) is 5.05. The standard InChI is InChI=1S/C24H28ClNO5S/c1-16-7-13-19(14-8-16)32(29,30)26-21(17-9-11-18(25)12-10-17)24(15-5-6-20(24)27)22(28)31-23(2,3)4/h7-14,21,26H,5-6,15H2,1-4H3. The first-order valence-electron chi connectivity index (χ1n) is 10.5. The number of aryl methyl sites for hydroxylation is 1. The summed E-state index contributed by atoms with van der Waals surface area (Å²) in [5.74, 6) is -1.06. The van der Waals surface area contributed by atoms with Gasteiger partial charge < -0.3 is 4.74 Å². The van der Waals surface area contributed by atoms with Crippen molar-refractivity contribution in [2.24, 2.45) is 5.41 Å². The number of halogens is 1. The molecule has 1 aliphatic rings. The Hall–Kier alpha value is -2.22. The minimum atomic E-state index is -4.05. The summed E-state index contributed by atoms with van der Waals surface area (Å²) in [4.78, 5) is 26.7. The van der Waals surface area contributed by atoms with Gasteiger partial charge in [-0.25, -0.2) is 13.1 Å². The monoisotopic (exact) mass is 477 g/mol. The fourth-order valence-corrected chi connectivity index (χ4v) is 5.35. The number of carbonyl (C=O) groups excluding carboxylic acids is 2. The molecule has 1 N–H and O–H groups in total. The number of rotatable bonds is 6. The number of hydrogen-bond acceptors (Lipinski definition) is 5. The maximum Gasteiger partial charge on any atom is 0.322 e. The highest BCUT2D eigenvalue weighted by Gasteiger charge is 2.57. The summed E-state index contributed by atoms with van der Waals surface area (Å²) >= 11 is 6.04. The minimum absolute atomic E-state index is 0.0480. The lowest BCUT2D eigenvalue weighted by molar-refractivity contribution is -0.171. The minimum Gasteiger partial charge on any atom is -0.459 e. The molecule has 2 aromatic carbocycles. The van der Waals surface area contributed by atoms with Gasteiger partial charge in [-0.05, 0) is 70.4 Å². The van der Waals surface area contributed by atoms with Gasteiger partial charge in [-0.1, -0.05) is 41.4 Å². The molecule has 1 saturated carbocycles. The fraction of sp³-hybridized carbons (Fsp3) is 0.417. The van der Waals surface area contributed by atoms with Crippen molar-refractivity contribution in [3.8, 4) is 0 Å². The van der Waals surface area contributed by atoms with E-state index in [-0.39, 0.29) is 23.5 Å². The highest BCUT2D eigenvalue weighted by Crippen LogP contribution is 2.47. The van der Waals surface area contributed by atoms with Crippen LogP contribution in [0.15, 0.2) is 53.4 Å². The first-order valence-corrected chi connectivity index (χ1v) is 12.3. The van der Waals surface area contributed by atoms with E-state index in [1.165, 1.54) is 12.1 Å². The molecule has 3 rings (SSSR count). The maximum absolute atomic E-state index is 13.4. The van der Waals surface area contributed by atoms with E-state index in [2.05, 4.69) is 4.72 Å². The van der Waals surface area contributed by atoms with Gasteiger partial charge >= 0.3 is 5.97 Å². The van der Waals surface area contributed by atoms with Crippen molar-refractivity contribution in [1.29, 1.82) is 0 Å². The highest BCUT2D eigenvalue weighted by atomic mass is 35.5. The number of ether oxygens (including phenoxy) is 1. The summed E-state index contributed by atoms with van der Waals surface area (Å²) in [5.41, 5.74) is -1.13. The smallest absolute Gasteiger partial charge is 0.322 e. The maximum atomic E-state index is 13.4. The average Bonchev–Trinajstić information content (AvgIpc) is 3.08. The SMILES string of the molecule is Cc1ccc(S(=O)(=O)NC(c2ccc(Cl)cc2)C2(C(=O)OC(C)(C)C)CCCC2=O)cc1. The Morgan fingerprint density at radius 2 is 1.69 bits per heavy atom. The van der Waals surface area contributed by atoms with Gasteiger partial charge in [-0.3, -0.25) is 9.59 Å². The summed E-state index contributed by atoms with van der Waals surface area (Å²) in [6.07, 6.45) is 0.828. The van der Waals surface area contributed by atoms with Crippen LogP contribution in [-0.2, 0) is 24.3 Å². The predicted molar refractivity (Wildman–Crippen MR) is 123 cm³/mol. The highest BCUT2D eigenvalue weighted by molar-refractivity contribution is 7.89. The largest absolute Gasteiger partial charge is 0.459 e. The summed E-state index contributed by atoms with van der Waals surface area (Å²) in [7, 11) is -4.05. The van der Waals surface area contributed by atoms with Gasteiger partial charge in [-0.15, -0.1) is 0 Å². The molecule has 172 valence electrons. The molecule has 8 heteroatoms. The summed E-state index contributed by atoms with van der Waals surface area (Å²) in [6, 6.07) is 11.7. The van der Waals surface area contributed by atoms with Crippen molar-refractivity contribution in [2.75, 3.05) is 0 Å². The molecule has 0 radical (unpaired) electrons. The Labute approximate surface area is 194 Å². The number of sulfonamides is 1. The van der Waals surface area contributed by atoms with E-state index >= 15 is 0 Å². The summed E-state index contributed by atoms with van der Waals surface area (Å²) in [5, 5.41) is 0.456. The summed E-state index contributed by atoms with van der Waals surface area (Å²) in [6.45, 7) is 7.00. The normalized spacial score (nSPS) is 20.2. The predicted octanol–water partition coefficient (Wildman–Crippen LogP) is 4.75. The number of carbonyl (C=O) groups is 2. The number of hydrogen-bond donors (Lipinski definition) is 1. The number of Topliss-reactive ketones (excluding diaryl/α,β-unsaturated/α-hetero) is 1. The van der Waals surface area contributed by atoms with Crippen LogP contribution in [0.4, 0.5) is 0 Å². The quantitative estimate of drug-likeness (QED) is 0.479. The van der Waals surface area contributed by atoms with Crippen molar-refractivity contribution in [3.05, 3.63) is 64.7 Å². The molecule has 2 atom stereocenters. The van der Waals surface area contributed by atoms with Gasteiger partial charge in [-0.2, -0.15) is 0 Å². The van der Waals surface area contributed by atoms with Crippen molar-refractivity contribution in [3.63, 3.8) is 0 Å². The molecular formula is C24H28ClNO5S. The van der Waals surface area contributed by atoms with Crippen LogP contribution in [0.5, 0.6) is 0 Å². The van der Waals surface area contributed by atoms with Crippen LogP contribution in [-0.4, -0.2) is 25.8 Å². The molecule has 0 aliphatic heterocycles. The zero-order valence-electron chi connectivity index (χ0n) is 18.6. The zero-order valence-corrected chi connectivity index (χ0v) is 20.2. The van der Waals surface area contributed by atoms with Crippen LogP contribution in [0, 0.1) is 12.3 Å². The van der Waals surface area contributed by atoms with Crippen molar-refractivity contribution >= 4 is 33.4 Å². The van der Waals surface area contributed by atoms with E-state index in [1.54, 1.807) is 57.2 Å². The first kappa shape index (κ1) is 24.4. The molecule has 6 nitrogen and oxygen atoms in total. The molecule has 0 amide bonds. The van der Waals surface area contributed by atoms with Crippen LogP contribution < -0.4 is 4.72 Å². The Kier molecular flexibility index (Phi) is 6.84. The third-order valence-corrected chi connectivity index (χ3v) is 7.23. The van der Waals surface area contributed by atoms with Gasteiger partial charge in [0.2, 0.25) is 10.0 Å². The molecule has 0 spiro atoms. The van der Waals surface area contributed by atoms with E-state index in [4.69, 9.17) is 16.3 Å². The van der Waals surface area contributed by atoms with Gasteiger partial charge in [0.15, 0.2) is 5.78 Å². The Balaban J connectivity index is 2.14. The third-order valence-electron chi connectivity index (χ3n) is 5.54. The van der Waals surface area contributed by atoms with Gasteiger partial charge in [0, 0.05) is 11.4 Å². The second-order valence-corrected chi connectivity index (χ2v) is 11.3. The van der Waals surface area contributed by atoms with E-state index in [1.807, 2.05) is 6.92 Å². The number of esters is 1. The second kappa shape index (κ2) is 8.96. The van der Waals surface area contributed by atoms with Crippen LogP contribution in [0.2, 0.25) is 5.02 Å². The lowest BCUT2D eigenvalue weighted by Crippen LogP contribution is -2.50. The van der Waals surface area contributed by atoms with Crippen LogP contribution >= 0.6 is 11.6 Å². The molecule has 0 aromatic heterocycles. The zero-order chi connectivity index (χ0) is 23.7. The number of benzene rings is 2. The Bertz CT molecular complexity index is 1100. The van der Waals surface area contributed by atoms with Gasteiger partial charge in [0.25, 0.3) is 0 Å². The molecular weight excluding hydrogens is 450 g/mol. The van der Waals surface area contributed by atoms with Crippen molar-refractivity contribution < 1.29 is 22.7 Å². The van der Waals surface area contributed by atoms with Crippen molar-refractivity contribution in [1.82, 2.24) is 4.72 Å². The Morgan fingerprint density at radius 3 is 2.19 bits per heavy atom. The van der Waals surface area contributed by atoms with Crippen LogP contribution in [0.1, 0.15) is 57.2 Å². The van der Waals surface area contributed by atoms with E-state index in [9.17, 15) is 18.0 Å². The molecule has 2 aromatic rings. The van der Waals surface area contributed by atoms with Crippen LogP contribution in [0.25, 0.3) is 0 Å². The second-order valence-electron chi connectivity index (χ2n) is 9.17. The lowest BCUT2D eigenvalue weighted by atomic mass is 9.75. The van der Waals surface area contributed by atoms with E-state index in [0.717, 1.165) is 5.56 Å². The molecule has 32 heavy (non-hydrogen) atoms. The lowest BCUT2D eigenvalue weighted by Gasteiger charge is -2.36. The molecule has 0 saturated heterocycles. The molecule has 2 unspecified atom stereocenters. The van der Waals surface area contributed by atoms with Crippen LogP contribution in [0.3, 0.4) is 0 Å². The van der Waals surface area contributed by atoms with Crippen molar-refractivity contribution in [2.45, 2.75) is 63.5 Å². The number of nitrogens with one attached hydrogen (secondary N) is 1. The molecule has 0 heterocycles.